The van der Waals surface area contributed by atoms with Gasteiger partial charge in [-0.2, -0.15) is 0 Å². The molecular formula is C12H12BrNO3S. The van der Waals surface area contributed by atoms with Gasteiger partial charge >= 0.3 is 5.97 Å². The third-order valence-corrected chi connectivity index (χ3v) is 4.62. The third kappa shape index (κ3) is 1.99. The first-order valence-electron chi connectivity index (χ1n) is 5.36. The van der Waals surface area contributed by atoms with E-state index in [0.29, 0.717) is 5.57 Å². The summed E-state index contributed by atoms with van der Waals surface area (Å²) in [5.74, 6) is -1.27. The minimum atomic E-state index is -1.07. The number of aliphatic carboxylic acids is 1. The number of carboxylic acids is 1. The van der Waals surface area contributed by atoms with E-state index in [1.807, 2.05) is 17.5 Å². The molecule has 0 radical (unpaired) electrons. The monoisotopic (exact) mass is 329 g/mol. The number of nitrogens with zero attached hydrogens (tertiary/aromatic N) is 1. The van der Waals surface area contributed by atoms with Crippen molar-refractivity contribution < 1.29 is 14.7 Å². The molecule has 1 amide bonds. The van der Waals surface area contributed by atoms with Gasteiger partial charge in [0.2, 0.25) is 5.91 Å². The number of carboxylic acid groups (broad SMARTS) is 1. The Balaban J connectivity index is 2.40. The van der Waals surface area contributed by atoms with Crippen molar-refractivity contribution in [2.24, 2.45) is 0 Å². The second-order valence-corrected chi connectivity index (χ2v) is 6.19. The number of hydrogen-bond acceptors (Lipinski definition) is 3. The predicted molar refractivity (Wildman–Crippen MR) is 72.6 cm³/mol. The molecule has 0 spiro atoms. The molecule has 0 bridgehead atoms. The van der Waals surface area contributed by atoms with Crippen molar-refractivity contribution in [1.82, 2.24) is 4.90 Å². The largest absolute Gasteiger partial charge is 0.477 e. The first-order chi connectivity index (χ1) is 8.45. The maximum atomic E-state index is 11.9. The summed E-state index contributed by atoms with van der Waals surface area (Å²) in [5.41, 5.74) is 0.700. The van der Waals surface area contributed by atoms with Gasteiger partial charge in [0.25, 0.3) is 0 Å². The first kappa shape index (κ1) is 13.3. The molecule has 2 heterocycles. The highest BCUT2D eigenvalue weighted by atomic mass is 79.9. The summed E-state index contributed by atoms with van der Waals surface area (Å²) < 4.78 is 0. The number of rotatable bonds is 3. The van der Waals surface area contributed by atoms with E-state index in [9.17, 15) is 14.7 Å². The van der Waals surface area contributed by atoms with Crippen LogP contribution in [0.15, 0.2) is 28.8 Å². The average Bonchev–Trinajstić information content (AvgIpc) is 2.80. The molecule has 1 aromatic heterocycles. The Morgan fingerprint density at radius 2 is 2.17 bits per heavy atom. The molecule has 2 rings (SSSR count). The van der Waals surface area contributed by atoms with Crippen LogP contribution in [0.25, 0.3) is 0 Å². The molecular weight excluding hydrogens is 318 g/mol. The molecule has 4 nitrogen and oxygen atoms in total. The lowest BCUT2D eigenvalue weighted by molar-refractivity contribution is -0.148. The van der Waals surface area contributed by atoms with Crippen LogP contribution in [0, 0.1) is 0 Å². The number of thiophene rings is 1. The Labute approximate surface area is 117 Å². The molecule has 0 saturated carbocycles. The number of halogens is 1. The van der Waals surface area contributed by atoms with Gasteiger partial charge in [0.05, 0.1) is 6.04 Å². The number of alkyl halides is 1. The van der Waals surface area contributed by atoms with Gasteiger partial charge in [0, 0.05) is 4.88 Å². The summed E-state index contributed by atoms with van der Waals surface area (Å²) in [7, 11) is 0. The number of carbonyl (C=O) groups is 2. The molecule has 18 heavy (non-hydrogen) atoms. The predicted octanol–water partition coefficient (Wildman–Crippen LogP) is 2.77. The summed E-state index contributed by atoms with van der Waals surface area (Å²) in [6.45, 7) is 3.40. The van der Waals surface area contributed by atoms with E-state index in [1.54, 1.807) is 13.8 Å². The Kier molecular flexibility index (Phi) is 3.59. The Morgan fingerprint density at radius 1 is 1.50 bits per heavy atom. The van der Waals surface area contributed by atoms with Crippen molar-refractivity contribution in [3.8, 4) is 0 Å². The fourth-order valence-electron chi connectivity index (χ4n) is 1.99. The zero-order valence-electron chi connectivity index (χ0n) is 9.88. The molecule has 1 saturated heterocycles. The summed E-state index contributed by atoms with van der Waals surface area (Å²) in [4.78, 5) is 25.2. The smallest absolute Gasteiger partial charge is 0.352 e. The maximum Gasteiger partial charge on any atom is 0.352 e. The molecule has 2 atom stereocenters. The van der Waals surface area contributed by atoms with E-state index >= 15 is 0 Å². The van der Waals surface area contributed by atoms with Gasteiger partial charge in [-0.05, 0) is 30.9 Å². The molecule has 0 aliphatic carbocycles. The fraction of sp³-hybridized carbons (Fsp3) is 0.333. The fourth-order valence-corrected chi connectivity index (χ4v) is 3.76. The van der Waals surface area contributed by atoms with Crippen LogP contribution in [0.2, 0.25) is 0 Å². The van der Waals surface area contributed by atoms with Crippen molar-refractivity contribution in [3.05, 3.63) is 33.7 Å². The second-order valence-electron chi connectivity index (χ2n) is 4.22. The zero-order valence-corrected chi connectivity index (χ0v) is 12.3. The maximum absolute atomic E-state index is 11.9. The topological polar surface area (TPSA) is 57.6 Å². The van der Waals surface area contributed by atoms with Crippen molar-refractivity contribution in [2.75, 3.05) is 0 Å². The third-order valence-electron chi connectivity index (χ3n) is 2.78. The highest BCUT2D eigenvalue weighted by molar-refractivity contribution is 9.10. The number of likely N-dealkylation sites (tertiary alicyclic amines) is 1. The van der Waals surface area contributed by atoms with E-state index in [1.165, 1.54) is 16.2 Å². The van der Waals surface area contributed by atoms with Crippen LogP contribution >= 0.6 is 27.3 Å². The Morgan fingerprint density at radius 3 is 2.61 bits per heavy atom. The van der Waals surface area contributed by atoms with Crippen LogP contribution in [-0.4, -0.2) is 26.7 Å². The standard InChI is InChI=1S/C12H12BrNO3S/c1-6(2)9(12(16)17)14-10(8(13)11(14)15)7-4-3-5-18-7/h3-5,8,10H,1-2H3,(H,16,17)/t8-,10+/m0/s1. The van der Waals surface area contributed by atoms with Gasteiger partial charge in [-0.25, -0.2) is 4.79 Å². The molecule has 1 N–H and O–H groups in total. The van der Waals surface area contributed by atoms with E-state index in [4.69, 9.17) is 0 Å². The van der Waals surface area contributed by atoms with Gasteiger partial charge in [-0.15, -0.1) is 11.3 Å². The number of amides is 1. The van der Waals surface area contributed by atoms with E-state index in [2.05, 4.69) is 15.9 Å². The lowest BCUT2D eigenvalue weighted by Crippen LogP contribution is -2.56. The van der Waals surface area contributed by atoms with Crippen molar-refractivity contribution in [3.63, 3.8) is 0 Å². The summed E-state index contributed by atoms with van der Waals surface area (Å²) >= 11 is 4.84. The molecule has 1 aromatic rings. The normalized spacial score (nSPS) is 22.6. The van der Waals surface area contributed by atoms with Crippen LogP contribution in [0.4, 0.5) is 0 Å². The lowest BCUT2D eigenvalue weighted by atomic mass is 9.97. The van der Waals surface area contributed by atoms with Gasteiger partial charge in [0.15, 0.2) is 0 Å². The van der Waals surface area contributed by atoms with Crippen LogP contribution in [-0.2, 0) is 9.59 Å². The summed E-state index contributed by atoms with van der Waals surface area (Å²) in [5, 5.41) is 11.2. The van der Waals surface area contributed by atoms with E-state index < -0.39 is 5.97 Å². The Bertz CT molecular complexity index is 519. The summed E-state index contributed by atoms with van der Waals surface area (Å²) in [6.07, 6.45) is 0. The van der Waals surface area contributed by atoms with Crippen LogP contribution < -0.4 is 0 Å². The molecule has 0 aromatic carbocycles. The highest BCUT2D eigenvalue weighted by Crippen LogP contribution is 2.44. The minimum Gasteiger partial charge on any atom is -0.477 e. The lowest BCUT2D eigenvalue weighted by Gasteiger charge is -2.44. The molecule has 1 fully saturated rings. The van der Waals surface area contributed by atoms with Gasteiger partial charge in [-0.3, -0.25) is 9.69 Å². The van der Waals surface area contributed by atoms with Crippen molar-refractivity contribution in [1.29, 1.82) is 0 Å². The van der Waals surface area contributed by atoms with E-state index in [-0.39, 0.29) is 22.5 Å². The minimum absolute atomic E-state index is 0.0779. The Hall–Kier alpha value is -1.14. The van der Waals surface area contributed by atoms with Gasteiger partial charge < -0.3 is 5.11 Å². The first-order valence-corrected chi connectivity index (χ1v) is 7.16. The molecule has 1 aliphatic rings. The quantitative estimate of drug-likeness (QED) is 0.527. The van der Waals surface area contributed by atoms with Gasteiger partial charge in [-0.1, -0.05) is 22.0 Å². The average molecular weight is 330 g/mol. The van der Waals surface area contributed by atoms with Crippen LogP contribution in [0.5, 0.6) is 0 Å². The number of carbonyl (C=O) groups excluding carboxylic acids is 1. The van der Waals surface area contributed by atoms with E-state index in [0.717, 1.165) is 4.88 Å². The highest BCUT2D eigenvalue weighted by Gasteiger charge is 2.50. The van der Waals surface area contributed by atoms with Crippen LogP contribution in [0.1, 0.15) is 24.8 Å². The second kappa shape index (κ2) is 4.85. The van der Waals surface area contributed by atoms with Crippen molar-refractivity contribution in [2.45, 2.75) is 24.7 Å². The molecule has 96 valence electrons. The molecule has 0 unspecified atom stereocenters. The number of β-lactam (4-membered cyclic amide) rings is 1. The van der Waals surface area contributed by atoms with Gasteiger partial charge in [0.1, 0.15) is 10.5 Å². The molecule has 6 heteroatoms. The number of hydrogen-bond donors (Lipinski definition) is 1. The summed E-state index contributed by atoms with van der Waals surface area (Å²) in [6, 6.07) is 3.58. The number of allylic oxidation sites excluding steroid dienone is 1. The van der Waals surface area contributed by atoms with Crippen LogP contribution in [0.3, 0.4) is 0 Å². The SMILES string of the molecule is CC(C)=C(C(=O)O)N1C(=O)[C@@H](Br)[C@H]1c1cccs1. The molecule has 1 aliphatic heterocycles. The van der Waals surface area contributed by atoms with Crippen molar-refractivity contribution >= 4 is 39.1 Å². The zero-order chi connectivity index (χ0) is 13.4.